The Balaban J connectivity index is 4.63. The predicted octanol–water partition coefficient (Wildman–Crippen LogP) is 3.80. The van der Waals surface area contributed by atoms with Crippen molar-refractivity contribution in [3.8, 4) is 6.07 Å². The summed E-state index contributed by atoms with van der Waals surface area (Å²) in [5.74, 6) is 1.38. The Morgan fingerprint density at radius 1 is 1.38 bits per heavy atom. The lowest BCUT2D eigenvalue weighted by Crippen LogP contribution is -2.22. The molecule has 0 heterocycles. The van der Waals surface area contributed by atoms with Crippen molar-refractivity contribution in [1.82, 2.24) is 4.90 Å². The fourth-order valence-electron chi connectivity index (χ4n) is 2.01. The molecule has 4 heteroatoms. The van der Waals surface area contributed by atoms with Crippen molar-refractivity contribution in [2.24, 2.45) is 16.8 Å². The van der Waals surface area contributed by atoms with Crippen molar-refractivity contribution in [2.45, 2.75) is 53.4 Å². The third-order valence-corrected chi connectivity index (χ3v) is 3.52. The molecule has 0 N–H and O–H groups in total. The van der Waals surface area contributed by atoms with E-state index in [-0.39, 0.29) is 5.92 Å². The van der Waals surface area contributed by atoms with E-state index in [0.717, 1.165) is 43.5 Å². The van der Waals surface area contributed by atoms with Gasteiger partial charge in [-0.05, 0) is 44.6 Å². The highest BCUT2D eigenvalue weighted by molar-refractivity contribution is 5.61. The zero-order chi connectivity index (χ0) is 16.3. The Kier molecular flexibility index (Phi) is 10.2. The maximum Gasteiger partial charge on any atom is 0.126 e. The number of hydrogen-bond acceptors (Lipinski definition) is 4. The number of aldehydes is 1. The molecule has 2 atom stereocenters. The van der Waals surface area contributed by atoms with E-state index in [1.807, 2.05) is 34.0 Å². The van der Waals surface area contributed by atoms with Crippen LogP contribution in [0.15, 0.2) is 16.4 Å². The van der Waals surface area contributed by atoms with E-state index in [9.17, 15) is 4.79 Å². The van der Waals surface area contributed by atoms with Crippen LogP contribution < -0.4 is 0 Å². The molecule has 0 aromatic heterocycles. The van der Waals surface area contributed by atoms with Gasteiger partial charge in [-0.25, -0.2) is 4.99 Å². The van der Waals surface area contributed by atoms with Gasteiger partial charge in [-0.15, -0.1) is 0 Å². The van der Waals surface area contributed by atoms with Gasteiger partial charge in [-0.3, -0.25) is 0 Å². The van der Waals surface area contributed by atoms with Crippen LogP contribution >= 0.6 is 0 Å². The van der Waals surface area contributed by atoms with Crippen LogP contribution in [0.5, 0.6) is 0 Å². The monoisotopic (exact) mass is 291 g/mol. The number of nitrogens with zero attached hydrogens (tertiary/aromatic N) is 3. The summed E-state index contributed by atoms with van der Waals surface area (Å²) in [5, 5.41) is 8.60. The molecule has 0 aromatic rings. The van der Waals surface area contributed by atoms with Crippen LogP contribution in [0.1, 0.15) is 53.4 Å². The standard InChI is InChI=1S/C17H29N3O/c1-6-16(13-21)9-11-20(5)17(14(2)3)19-12-15(4)8-7-10-18/h12-13,15-16H,6-9,11H2,1-5H3/b19-12-. The molecule has 0 aromatic carbocycles. The van der Waals surface area contributed by atoms with Crippen molar-refractivity contribution in [3.05, 3.63) is 11.4 Å². The molecule has 2 unspecified atom stereocenters. The minimum atomic E-state index is 0.129. The molecule has 0 rings (SSSR count). The van der Waals surface area contributed by atoms with Crippen molar-refractivity contribution in [1.29, 1.82) is 5.26 Å². The van der Waals surface area contributed by atoms with Gasteiger partial charge in [0, 0.05) is 32.1 Å². The number of aliphatic imine (C=N–C) groups is 1. The summed E-state index contributed by atoms with van der Waals surface area (Å²) in [6, 6.07) is 2.16. The first kappa shape index (κ1) is 19.4. The number of hydrogen-bond donors (Lipinski definition) is 0. The van der Waals surface area contributed by atoms with E-state index >= 15 is 0 Å². The largest absolute Gasteiger partial charge is 0.360 e. The minimum absolute atomic E-state index is 0.129. The Labute approximate surface area is 129 Å². The molecule has 118 valence electrons. The lowest BCUT2D eigenvalue weighted by Gasteiger charge is -2.22. The summed E-state index contributed by atoms with van der Waals surface area (Å²) in [4.78, 5) is 17.6. The molecule has 21 heavy (non-hydrogen) atoms. The van der Waals surface area contributed by atoms with E-state index in [2.05, 4.69) is 22.9 Å². The number of rotatable bonds is 10. The van der Waals surface area contributed by atoms with Gasteiger partial charge >= 0.3 is 0 Å². The molecule has 4 nitrogen and oxygen atoms in total. The van der Waals surface area contributed by atoms with Gasteiger partial charge in [-0.2, -0.15) is 5.26 Å². The zero-order valence-corrected chi connectivity index (χ0v) is 14.1. The highest BCUT2D eigenvalue weighted by Crippen LogP contribution is 2.14. The van der Waals surface area contributed by atoms with Crippen LogP contribution in [-0.2, 0) is 4.79 Å². The molecule has 0 aliphatic rings. The Hall–Kier alpha value is -1.63. The molecule has 0 amide bonds. The van der Waals surface area contributed by atoms with Gasteiger partial charge < -0.3 is 9.69 Å². The van der Waals surface area contributed by atoms with E-state index in [1.165, 1.54) is 0 Å². The number of nitriles is 1. The summed E-state index contributed by atoms with van der Waals surface area (Å²) in [5.41, 5.74) is 1.15. The first-order valence-corrected chi connectivity index (χ1v) is 7.71. The molecule has 0 fully saturated rings. The molecule has 0 spiro atoms. The third kappa shape index (κ3) is 8.29. The van der Waals surface area contributed by atoms with Gasteiger partial charge in [-0.1, -0.05) is 13.8 Å². The first-order chi connectivity index (χ1) is 9.96. The molecular formula is C17H29N3O. The molecule has 0 aliphatic carbocycles. The van der Waals surface area contributed by atoms with Crippen LogP contribution in [-0.4, -0.2) is 31.0 Å². The number of carbonyl (C=O) groups excluding carboxylic acids is 1. The van der Waals surface area contributed by atoms with Crippen LogP contribution in [0, 0.1) is 23.2 Å². The smallest absolute Gasteiger partial charge is 0.126 e. The maximum atomic E-state index is 10.9. The number of allylic oxidation sites excluding steroid dienone is 1. The van der Waals surface area contributed by atoms with Crippen molar-refractivity contribution >= 4 is 12.5 Å². The van der Waals surface area contributed by atoms with Crippen LogP contribution in [0.4, 0.5) is 0 Å². The zero-order valence-electron chi connectivity index (χ0n) is 14.1. The van der Waals surface area contributed by atoms with Gasteiger partial charge in [0.15, 0.2) is 0 Å². The Bertz CT molecular complexity index is 403. The van der Waals surface area contributed by atoms with E-state index in [0.29, 0.717) is 12.3 Å². The second-order valence-corrected chi connectivity index (χ2v) is 5.79. The second kappa shape index (κ2) is 11.1. The SMILES string of the molecule is CCC(C=O)CCN(C)C(/N=C\C(C)CCC#N)=C(C)C. The summed E-state index contributed by atoms with van der Waals surface area (Å²) < 4.78 is 0. The average molecular weight is 291 g/mol. The molecule has 0 saturated heterocycles. The molecule has 0 aliphatic heterocycles. The second-order valence-electron chi connectivity index (χ2n) is 5.79. The fraction of sp³-hybridized carbons (Fsp3) is 0.706. The highest BCUT2D eigenvalue weighted by Gasteiger charge is 2.10. The quantitative estimate of drug-likeness (QED) is 0.454. The summed E-state index contributed by atoms with van der Waals surface area (Å²) in [6.07, 6.45) is 6.10. The van der Waals surface area contributed by atoms with E-state index in [4.69, 9.17) is 5.26 Å². The third-order valence-electron chi connectivity index (χ3n) is 3.52. The Morgan fingerprint density at radius 3 is 2.52 bits per heavy atom. The van der Waals surface area contributed by atoms with Crippen LogP contribution in [0.25, 0.3) is 0 Å². The normalized spacial score (nSPS) is 13.5. The van der Waals surface area contributed by atoms with Gasteiger partial charge in [0.1, 0.15) is 12.1 Å². The van der Waals surface area contributed by atoms with Crippen molar-refractivity contribution in [3.63, 3.8) is 0 Å². The van der Waals surface area contributed by atoms with Gasteiger partial charge in [0.05, 0.1) is 6.07 Å². The van der Waals surface area contributed by atoms with Gasteiger partial charge in [0.2, 0.25) is 0 Å². The lowest BCUT2D eigenvalue weighted by atomic mass is 10.0. The summed E-state index contributed by atoms with van der Waals surface area (Å²) >= 11 is 0. The molecular weight excluding hydrogens is 262 g/mol. The first-order valence-electron chi connectivity index (χ1n) is 7.71. The van der Waals surface area contributed by atoms with E-state index in [1.54, 1.807) is 0 Å². The predicted molar refractivity (Wildman–Crippen MR) is 88.0 cm³/mol. The average Bonchev–Trinajstić information content (AvgIpc) is 2.45. The van der Waals surface area contributed by atoms with Crippen LogP contribution in [0.2, 0.25) is 0 Å². The fourth-order valence-corrected chi connectivity index (χ4v) is 2.01. The highest BCUT2D eigenvalue weighted by atomic mass is 16.1. The Morgan fingerprint density at radius 2 is 2.05 bits per heavy atom. The maximum absolute atomic E-state index is 10.9. The molecule has 0 radical (unpaired) electrons. The number of carbonyl (C=O) groups is 1. The van der Waals surface area contributed by atoms with Crippen LogP contribution in [0.3, 0.4) is 0 Å². The summed E-state index contributed by atoms with van der Waals surface area (Å²) in [7, 11) is 2.01. The van der Waals surface area contributed by atoms with Crippen molar-refractivity contribution in [2.75, 3.05) is 13.6 Å². The molecule has 0 bridgehead atoms. The minimum Gasteiger partial charge on any atom is -0.360 e. The summed E-state index contributed by atoms with van der Waals surface area (Å²) in [6.45, 7) is 9.01. The lowest BCUT2D eigenvalue weighted by molar-refractivity contribution is -0.111. The molecule has 0 saturated carbocycles. The topological polar surface area (TPSA) is 56.5 Å². The van der Waals surface area contributed by atoms with E-state index < -0.39 is 0 Å². The van der Waals surface area contributed by atoms with Gasteiger partial charge in [0.25, 0.3) is 0 Å². The van der Waals surface area contributed by atoms with Crippen molar-refractivity contribution < 1.29 is 4.79 Å².